The number of carbonyl (C=O) groups excluding carboxylic acids is 2. The first-order valence-corrected chi connectivity index (χ1v) is 10.7. The number of hydroxylamine groups is 1. The Balaban J connectivity index is 2.12. The molecule has 0 saturated carbocycles. The van der Waals surface area contributed by atoms with E-state index in [1.807, 2.05) is 68.4 Å². The topological polar surface area (TPSA) is 100 Å². The second-order valence-electron chi connectivity index (χ2n) is 7.69. The van der Waals surface area contributed by atoms with Crippen molar-refractivity contribution in [3.8, 4) is 0 Å². The van der Waals surface area contributed by atoms with Crippen molar-refractivity contribution < 1.29 is 24.3 Å². The van der Waals surface area contributed by atoms with Crippen molar-refractivity contribution in [2.45, 2.75) is 25.8 Å². The van der Waals surface area contributed by atoms with Crippen LogP contribution in [-0.2, 0) is 20.7 Å². The highest BCUT2D eigenvalue weighted by atomic mass is 16.7. The maximum atomic E-state index is 12.8. The summed E-state index contributed by atoms with van der Waals surface area (Å²) in [6.45, 7) is 2.64. The molecule has 0 bridgehead atoms. The van der Waals surface area contributed by atoms with E-state index in [4.69, 9.17) is 9.47 Å². The summed E-state index contributed by atoms with van der Waals surface area (Å²) in [5.74, 6) is -1.32. The monoisotopic (exact) mass is 443 g/mol. The van der Waals surface area contributed by atoms with Gasteiger partial charge in [0.15, 0.2) is 0 Å². The molecule has 0 fully saturated rings. The van der Waals surface area contributed by atoms with Gasteiger partial charge in [-0.1, -0.05) is 30.3 Å². The molecule has 2 aromatic carbocycles. The molecule has 174 valence electrons. The number of nitrogens with one attached hydrogen (secondary N) is 2. The maximum absolute atomic E-state index is 12.8. The van der Waals surface area contributed by atoms with Gasteiger partial charge < -0.3 is 19.7 Å². The zero-order valence-corrected chi connectivity index (χ0v) is 18.9. The fourth-order valence-corrected chi connectivity index (χ4v) is 3.30. The number of hydrogen-bond acceptors (Lipinski definition) is 6. The third-order valence-corrected chi connectivity index (χ3v) is 5.05. The SMILES string of the molecule is CCOCOCC(CC(Cc1ccccc1)C(=O)NO)NC(=O)c1ccc(N(C)C)cc1. The average molecular weight is 444 g/mol. The highest BCUT2D eigenvalue weighted by Gasteiger charge is 2.25. The molecule has 8 nitrogen and oxygen atoms in total. The molecule has 2 rings (SSSR count). The first kappa shape index (κ1) is 25.3. The van der Waals surface area contributed by atoms with Crippen molar-refractivity contribution >= 4 is 17.5 Å². The van der Waals surface area contributed by atoms with Crippen LogP contribution in [0.4, 0.5) is 5.69 Å². The predicted molar refractivity (Wildman–Crippen MR) is 123 cm³/mol. The minimum Gasteiger partial charge on any atom is -0.378 e. The van der Waals surface area contributed by atoms with Crippen LogP contribution in [-0.4, -0.2) is 57.2 Å². The molecule has 2 aromatic rings. The standard InChI is InChI=1S/C24H33N3O5/c1-4-31-17-32-16-21(25-23(28)19-10-12-22(13-11-19)27(2)3)15-20(24(29)26-30)14-18-8-6-5-7-9-18/h5-13,20-21,30H,4,14-17H2,1-3H3,(H,25,28)(H,26,29). The lowest BCUT2D eigenvalue weighted by atomic mass is 9.92. The van der Waals surface area contributed by atoms with E-state index in [1.54, 1.807) is 17.6 Å². The van der Waals surface area contributed by atoms with E-state index in [0.717, 1.165) is 11.3 Å². The van der Waals surface area contributed by atoms with Gasteiger partial charge in [-0.25, -0.2) is 5.48 Å². The van der Waals surface area contributed by atoms with E-state index < -0.39 is 17.9 Å². The van der Waals surface area contributed by atoms with Crippen LogP contribution in [0.15, 0.2) is 54.6 Å². The van der Waals surface area contributed by atoms with Crippen molar-refractivity contribution in [1.29, 1.82) is 0 Å². The molecule has 0 aromatic heterocycles. The summed E-state index contributed by atoms with van der Waals surface area (Å²) < 4.78 is 10.8. The summed E-state index contributed by atoms with van der Waals surface area (Å²) in [5, 5.41) is 12.2. The Kier molecular flexibility index (Phi) is 10.7. The Morgan fingerprint density at radius 3 is 2.31 bits per heavy atom. The average Bonchev–Trinajstić information content (AvgIpc) is 2.81. The lowest BCUT2D eigenvalue weighted by Crippen LogP contribution is -2.42. The second kappa shape index (κ2) is 13.5. The minimum atomic E-state index is -0.556. The third kappa shape index (κ3) is 8.30. The number of carbonyl (C=O) groups is 2. The van der Waals surface area contributed by atoms with Gasteiger partial charge in [0.1, 0.15) is 6.79 Å². The largest absolute Gasteiger partial charge is 0.378 e. The lowest BCUT2D eigenvalue weighted by molar-refractivity contribution is -0.134. The smallest absolute Gasteiger partial charge is 0.251 e. The van der Waals surface area contributed by atoms with Crippen molar-refractivity contribution in [2.24, 2.45) is 5.92 Å². The van der Waals surface area contributed by atoms with Gasteiger partial charge in [0.2, 0.25) is 5.91 Å². The van der Waals surface area contributed by atoms with E-state index in [0.29, 0.717) is 18.6 Å². The van der Waals surface area contributed by atoms with Crippen LogP contribution in [0.3, 0.4) is 0 Å². The molecular formula is C24H33N3O5. The van der Waals surface area contributed by atoms with Crippen LogP contribution in [0.5, 0.6) is 0 Å². The van der Waals surface area contributed by atoms with Gasteiger partial charge in [0.05, 0.1) is 12.6 Å². The van der Waals surface area contributed by atoms with E-state index in [-0.39, 0.29) is 25.7 Å². The molecule has 0 heterocycles. The van der Waals surface area contributed by atoms with Gasteiger partial charge in [-0.05, 0) is 49.6 Å². The molecule has 0 aliphatic carbocycles. The number of benzene rings is 2. The van der Waals surface area contributed by atoms with Crippen molar-refractivity contribution in [3.05, 3.63) is 65.7 Å². The zero-order valence-electron chi connectivity index (χ0n) is 18.9. The number of hydrogen-bond donors (Lipinski definition) is 3. The Morgan fingerprint density at radius 1 is 1.03 bits per heavy atom. The zero-order chi connectivity index (χ0) is 23.3. The first-order chi connectivity index (χ1) is 15.4. The molecule has 32 heavy (non-hydrogen) atoms. The van der Waals surface area contributed by atoms with E-state index in [1.165, 1.54) is 0 Å². The molecule has 0 radical (unpaired) electrons. The van der Waals surface area contributed by atoms with E-state index >= 15 is 0 Å². The van der Waals surface area contributed by atoms with Gasteiger partial charge in [-0.15, -0.1) is 0 Å². The van der Waals surface area contributed by atoms with Crippen LogP contribution >= 0.6 is 0 Å². The van der Waals surface area contributed by atoms with Gasteiger partial charge in [-0.2, -0.15) is 0 Å². The van der Waals surface area contributed by atoms with E-state index in [2.05, 4.69) is 5.32 Å². The number of ether oxygens (including phenoxy) is 2. The highest BCUT2D eigenvalue weighted by molar-refractivity contribution is 5.94. The molecule has 0 spiro atoms. The predicted octanol–water partition coefficient (Wildman–Crippen LogP) is 2.62. The third-order valence-electron chi connectivity index (χ3n) is 5.05. The van der Waals surface area contributed by atoms with Gasteiger partial charge in [0.25, 0.3) is 5.91 Å². The summed E-state index contributed by atoms with van der Waals surface area (Å²) in [4.78, 5) is 27.1. The first-order valence-electron chi connectivity index (χ1n) is 10.7. The second-order valence-corrected chi connectivity index (χ2v) is 7.69. The summed E-state index contributed by atoms with van der Waals surface area (Å²) in [5.41, 5.74) is 4.20. The quantitative estimate of drug-likeness (QED) is 0.190. The fraction of sp³-hybridized carbons (Fsp3) is 0.417. The van der Waals surface area contributed by atoms with Crippen LogP contribution in [0.25, 0.3) is 0 Å². The summed E-state index contributed by atoms with van der Waals surface area (Å²) in [6, 6.07) is 16.3. The summed E-state index contributed by atoms with van der Waals surface area (Å²) in [6.07, 6.45) is 0.706. The normalized spacial score (nSPS) is 12.6. The van der Waals surface area contributed by atoms with Crippen molar-refractivity contribution in [1.82, 2.24) is 10.8 Å². The number of anilines is 1. The van der Waals surface area contributed by atoms with Gasteiger partial charge >= 0.3 is 0 Å². The van der Waals surface area contributed by atoms with Crippen LogP contribution in [0, 0.1) is 5.92 Å². The minimum absolute atomic E-state index is 0.0932. The molecule has 2 atom stereocenters. The van der Waals surface area contributed by atoms with Crippen LogP contribution in [0.1, 0.15) is 29.3 Å². The van der Waals surface area contributed by atoms with Crippen molar-refractivity contribution in [3.63, 3.8) is 0 Å². The number of amides is 2. The lowest BCUT2D eigenvalue weighted by Gasteiger charge is -2.24. The summed E-state index contributed by atoms with van der Waals surface area (Å²) >= 11 is 0. The fourth-order valence-electron chi connectivity index (χ4n) is 3.30. The molecule has 2 amide bonds. The van der Waals surface area contributed by atoms with Crippen molar-refractivity contribution in [2.75, 3.05) is 39.0 Å². The Morgan fingerprint density at radius 2 is 1.72 bits per heavy atom. The number of nitrogens with zero attached hydrogens (tertiary/aromatic N) is 1. The summed E-state index contributed by atoms with van der Waals surface area (Å²) in [7, 11) is 3.86. The maximum Gasteiger partial charge on any atom is 0.251 e. The molecule has 0 saturated heterocycles. The Bertz CT molecular complexity index is 827. The molecule has 8 heteroatoms. The number of rotatable bonds is 13. The van der Waals surface area contributed by atoms with Gasteiger partial charge in [-0.3, -0.25) is 14.8 Å². The van der Waals surface area contributed by atoms with Gasteiger partial charge in [0, 0.05) is 37.9 Å². The molecular weight excluding hydrogens is 410 g/mol. The highest BCUT2D eigenvalue weighted by Crippen LogP contribution is 2.17. The van der Waals surface area contributed by atoms with Crippen LogP contribution < -0.4 is 15.7 Å². The molecule has 0 aliphatic heterocycles. The molecule has 3 N–H and O–H groups in total. The van der Waals surface area contributed by atoms with Crippen LogP contribution in [0.2, 0.25) is 0 Å². The Labute approximate surface area is 189 Å². The van der Waals surface area contributed by atoms with E-state index in [9.17, 15) is 14.8 Å². The Hall–Kier alpha value is -2.94. The molecule has 2 unspecified atom stereocenters. The molecule has 0 aliphatic rings.